The van der Waals surface area contributed by atoms with Crippen LogP contribution in [0.25, 0.3) is 0 Å². The van der Waals surface area contributed by atoms with E-state index in [1.165, 1.54) is 4.90 Å². The maximum absolute atomic E-state index is 11.8. The molecule has 0 saturated carbocycles. The van der Waals surface area contributed by atoms with Gasteiger partial charge >= 0.3 is 11.9 Å². The van der Waals surface area contributed by atoms with Gasteiger partial charge in [0.15, 0.2) is 0 Å². The van der Waals surface area contributed by atoms with Crippen LogP contribution in [0.1, 0.15) is 26.3 Å². The monoisotopic (exact) mass is 293 g/mol. The molecule has 1 atom stereocenters. The Balaban J connectivity index is 2.68. The molecule has 0 fully saturated rings. The molecule has 0 amide bonds. The van der Waals surface area contributed by atoms with Crippen molar-refractivity contribution in [3.63, 3.8) is 0 Å². The van der Waals surface area contributed by atoms with Crippen molar-refractivity contribution in [2.24, 2.45) is 0 Å². The second-order valence-corrected chi connectivity index (χ2v) is 6.05. The van der Waals surface area contributed by atoms with E-state index in [0.717, 1.165) is 5.56 Å². The molecular formula is C16H23NO4. The van der Waals surface area contributed by atoms with Crippen LogP contribution in [0.5, 0.6) is 0 Å². The van der Waals surface area contributed by atoms with Crippen LogP contribution in [-0.4, -0.2) is 47.2 Å². The van der Waals surface area contributed by atoms with Crippen molar-refractivity contribution in [3.8, 4) is 0 Å². The number of carbonyl (C=O) groups is 2. The molecule has 0 aromatic heterocycles. The van der Waals surface area contributed by atoms with Gasteiger partial charge in [-0.25, -0.2) is 0 Å². The zero-order valence-electron chi connectivity index (χ0n) is 13.0. The molecule has 0 bridgehead atoms. The summed E-state index contributed by atoms with van der Waals surface area (Å²) in [6.07, 6.45) is 0.343. The molecule has 5 nitrogen and oxygen atoms in total. The number of likely N-dealkylation sites (N-methyl/N-ethyl adjacent to an activating group) is 1. The molecule has 1 aromatic rings. The van der Waals surface area contributed by atoms with Crippen LogP contribution in [-0.2, 0) is 20.7 Å². The van der Waals surface area contributed by atoms with E-state index in [-0.39, 0.29) is 6.54 Å². The molecule has 1 aromatic carbocycles. The summed E-state index contributed by atoms with van der Waals surface area (Å²) in [7, 11) is 1.62. The molecule has 0 aliphatic rings. The Hall–Kier alpha value is -1.88. The SMILES string of the molecule is CN(CC(=O)OC(C)(C)C)[C@@H](Cc1ccccc1)C(=O)O. The number of carboxylic acids is 1. The summed E-state index contributed by atoms with van der Waals surface area (Å²) < 4.78 is 5.21. The topological polar surface area (TPSA) is 66.8 Å². The molecule has 0 radical (unpaired) electrons. The fourth-order valence-corrected chi connectivity index (χ4v) is 1.96. The molecule has 0 aliphatic heterocycles. The van der Waals surface area contributed by atoms with E-state index in [2.05, 4.69) is 0 Å². The van der Waals surface area contributed by atoms with Gasteiger partial charge in [0, 0.05) is 0 Å². The number of rotatable bonds is 6. The number of nitrogens with zero attached hydrogens (tertiary/aromatic N) is 1. The Bertz CT molecular complexity index is 479. The van der Waals surface area contributed by atoms with E-state index >= 15 is 0 Å². The van der Waals surface area contributed by atoms with Crippen molar-refractivity contribution < 1.29 is 19.4 Å². The third-order valence-electron chi connectivity index (χ3n) is 2.89. The van der Waals surface area contributed by atoms with E-state index < -0.39 is 23.6 Å². The molecule has 116 valence electrons. The standard InChI is InChI=1S/C16H23NO4/c1-16(2,3)21-14(18)11-17(4)13(15(19)20)10-12-8-6-5-7-9-12/h5-9,13H,10-11H2,1-4H3,(H,19,20)/t13-/m0/s1. The van der Waals surface area contributed by atoms with Crippen LogP contribution in [0.4, 0.5) is 0 Å². The minimum atomic E-state index is -0.954. The van der Waals surface area contributed by atoms with E-state index in [4.69, 9.17) is 4.74 Å². The first kappa shape index (κ1) is 17.2. The smallest absolute Gasteiger partial charge is 0.321 e. The van der Waals surface area contributed by atoms with E-state index in [0.29, 0.717) is 6.42 Å². The quantitative estimate of drug-likeness (QED) is 0.812. The highest BCUT2D eigenvalue weighted by molar-refractivity contribution is 5.76. The lowest BCUT2D eigenvalue weighted by Gasteiger charge is -2.26. The molecule has 0 heterocycles. The van der Waals surface area contributed by atoms with Gasteiger partial charge in [0.05, 0.1) is 6.54 Å². The van der Waals surface area contributed by atoms with Crippen molar-refractivity contribution in [2.75, 3.05) is 13.6 Å². The number of ether oxygens (including phenoxy) is 1. The van der Waals surface area contributed by atoms with Gasteiger partial charge in [-0.1, -0.05) is 30.3 Å². The predicted octanol–water partition coefficient (Wildman–Crippen LogP) is 1.96. The highest BCUT2D eigenvalue weighted by atomic mass is 16.6. The van der Waals surface area contributed by atoms with Crippen LogP contribution in [0.2, 0.25) is 0 Å². The summed E-state index contributed by atoms with van der Waals surface area (Å²) in [4.78, 5) is 24.7. The summed E-state index contributed by atoms with van der Waals surface area (Å²) in [6, 6.07) is 8.59. The van der Waals surface area contributed by atoms with Gasteiger partial charge in [-0.3, -0.25) is 14.5 Å². The lowest BCUT2D eigenvalue weighted by molar-refractivity contribution is -0.157. The third kappa shape index (κ3) is 6.40. The number of hydrogen-bond acceptors (Lipinski definition) is 4. The largest absolute Gasteiger partial charge is 0.480 e. The summed E-state index contributed by atoms with van der Waals surface area (Å²) in [5, 5.41) is 9.36. The van der Waals surface area contributed by atoms with E-state index in [9.17, 15) is 14.7 Å². The van der Waals surface area contributed by atoms with Crippen molar-refractivity contribution in [1.29, 1.82) is 0 Å². The Morgan fingerprint density at radius 2 is 1.81 bits per heavy atom. The van der Waals surface area contributed by atoms with Gasteiger partial charge < -0.3 is 9.84 Å². The van der Waals surface area contributed by atoms with Gasteiger partial charge in [-0.15, -0.1) is 0 Å². The molecule has 0 aliphatic carbocycles. The number of aliphatic carboxylic acids is 1. The minimum absolute atomic E-state index is 0.0545. The van der Waals surface area contributed by atoms with Crippen LogP contribution >= 0.6 is 0 Å². The highest BCUT2D eigenvalue weighted by Gasteiger charge is 2.26. The summed E-state index contributed by atoms with van der Waals surface area (Å²) in [5.74, 6) is -1.38. The molecule has 1 N–H and O–H groups in total. The van der Waals surface area contributed by atoms with Crippen molar-refractivity contribution in [3.05, 3.63) is 35.9 Å². The van der Waals surface area contributed by atoms with Crippen molar-refractivity contribution in [2.45, 2.75) is 38.8 Å². The molecular weight excluding hydrogens is 270 g/mol. The Morgan fingerprint density at radius 3 is 2.29 bits per heavy atom. The second-order valence-electron chi connectivity index (χ2n) is 6.05. The van der Waals surface area contributed by atoms with Gasteiger partial charge in [-0.05, 0) is 39.8 Å². The first-order valence-corrected chi connectivity index (χ1v) is 6.88. The fraction of sp³-hybridized carbons (Fsp3) is 0.500. The molecule has 5 heteroatoms. The number of esters is 1. The average Bonchev–Trinajstić information content (AvgIpc) is 2.34. The lowest BCUT2D eigenvalue weighted by Crippen LogP contribution is -2.44. The van der Waals surface area contributed by atoms with E-state index in [1.54, 1.807) is 27.8 Å². The third-order valence-corrected chi connectivity index (χ3v) is 2.89. The second kappa shape index (κ2) is 7.22. The molecule has 0 spiro atoms. The van der Waals surface area contributed by atoms with Gasteiger partial charge in [-0.2, -0.15) is 0 Å². The zero-order valence-corrected chi connectivity index (χ0v) is 13.0. The maximum Gasteiger partial charge on any atom is 0.321 e. The van der Waals surface area contributed by atoms with Gasteiger partial charge in [0.25, 0.3) is 0 Å². The number of hydrogen-bond donors (Lipinski definition) is 1. The zero-order chi connectivity index (χ0) is 16.0. The fourth-order valence-electron chi connectivity index (χ4n) is 1.96. The summed E-state index contributed by atoms with van der Waals surface area (Å²) >= 11 is 0. The van der Waals surface area contributed by atoms with Crippen LogP contribution in [0.15, 0.2) is 30.3 Å². The van der Waals surface area contributed by atoms with E-state index in [1.807, 2.05) is 30.3 Å². The Labute approximate surface area is 125 Å². The number of carbonyl (C=O) groups excluding carboxylic acids is 1. The molecule has 0 unspecified atom stereocenters. The molecule has 0 saturated heterocycles. The number of carboxylic acid groups (broad SMARTS) is 1. The Kier molecular flexibility index (Phi) is 5.90. The Morgan fingerprint density at radius 1 is 1.24 bits per heavy atom. The average molecular weight is 293 g/mol. The van der Waals surface area contributed by atoms with Crippen LogP contribution < -0.4 is 0 Å². The van der Waals surface area contributed by atoms with Crippen LogP contribution in [0, 0.1) is 0 Å². The highest BCUT2D eigenvalue weighted by Crippen LogP contribution is 2.11. The molecule has 21 heavy (non-hydrogen) atoms. The first-order chi connectivity index (χ1) is 9.69. The maximum atomic E-state index is 11.8. The number of benzene rings is 1. The van der Waals surface area contributed by atoms with Crippen LogP contribution in [0.3, 0.4) is 0 Å². The summed E-state index contributed by atoms with van der Waals surface area (Å²) in [6.45, 7) is 5.29. The van der Waals surface area contributed by atoms with Gasteiger partial charge in [0.2, 0.25) is 0 Å². The van der Waals surface area contributed by atoms with Crippen molar-refractivity contribution >= 4 is 11.9 Å². The first-order valence-electron chi connectivity index (χ1n) is 6.88. The van der Waals surface area contributed by atoms with Gasteiger partial charge in [0.1, 0.15) is 11.6 Å². The minimum Gasteiger partial charge on any atom is -0.480 e. The lowest BCUT2D eigenvalue weighted by atomic mass is 10.1. The van der Waals surface area contributed by atoms with Crippen molar-refractivity contribution in [1.82, 2.24) is 4.90 Å². The predicted molar refractivity (Wildman–Crippen MR) is 80.0 cm³/mol. The molecule has 1 rings (SSSR count). The normalized spacial score (nSPS) is 13.0. The summed E-state index contributed by atoms with van der Waals surface area (Å²) in [5.41, 5.74) is 0.344.